The summed E-state index contributed by atoms with van der Waals surface area (Å²) >= 11 is 3.26. The summed E-state index contributed by atoms with van der Waals surface area (Å²) in [6, 6.07) is 4.91. The Morgan fingerprint density at radius 2 is 2.06 bits per heavy atom. The minimum atomic E-state index is -2.87. The Bertz CT molecular complexity index is 512. The van der Waals surface area contributed by atoms with Crippen molar-refractivity contribution in [1.82, 2.24) is 0 Å². The van der Waals surface area contributed by atoms with Crippen LogP contribution in [0.4, 0.5) is 0 Å². The molecule has 86 valence electrons. The quantitative estimate of drug-likeness (QED) is 0.793. The van der Waals surface area contributed by atoms with Crippen molar-refractivity contribution >= 4 is 32.1 Å². The molecule has 1 aliphatic rings. The summed E-state index contributed by atoms with van der Waals surface area (Å²) in [6.45, 7) is 0. The van der Waals surface area contributed by atoms with Crippen molar-refractivity contribution in [3.05, 3.63) is 28.2 Å². The Balaban J connectivity index is 2.08. The first-order valence-corrected chi connectivity index (χ1v) is 7.23. The van der Waals surface area contributed by atoms with Gasteiger partial charge in [0.15, 0.2) is 9.84 Å². The van der Waals surface area contributed by atoms with Gasteiger partial charge >= 0.3 is 0 Å². The minimum Gasteiger partial charge on any atom is -0.487 e. The molecule has 0 bridgehead atoms. The van der Waals surface area contributed by atoms with Crippen LogP contribution in [-0.2, 0) is 9.84 Å². The van der Waals surface area contributed by atoms with Gasteiger partial charge in [0.05, 0.1) is 16.0 Å². The van der Waals surface area contributed by atoms with Crippen molar-refractivity contribution < 1.29 is 17.9 Å². The number of hydrogen-bond acceptors (Lipinski definition) is 4. The van der Waals surface area contributed by atoms with Crippen LogP contribution in [0, 0.1) is 0 Å². The number of aldehydes is 1. The first-order valence-electron chi connectivity index (χ1n) is 4.62. The highest BCUT2D eigenvalue weighted by molar-refractivity contribution is 9.10. The summed E-state index contributed by atoms with van der Waals surface area (Å²) in [5, 5.41) is 0. The molecule has 0 spiro atoms. The summed E-state index contributed by atoms with van der Waals surface area (Å²) in [6.07, 6.45) is 0.464. The van der Waals surface area contributed by atoms with E-state index in [4.69, 9.17) is 4.74 Å². The van der Waals surface area contributed by atoms with E-state index in [1.54, 1.807) is 18.2 Å². The molecule has 0 atom stereocenters. The van der Waals surface area contributed by atoms with E-state index in [2.05, 4.69) is 15.9 Å². The van der Waals surface area contributed by atoms with Crippen LogP contribution in [-0.4, -0.2) is 32.3 Å². The number of carbonyl (C=O) groups excluding carboxylic acids is 1. The number of halogens is 1. The molecule has 0 radical (unpaired) electrons. The van der Waals surface area contributed by atoms with Crippen LogP contribution in [0.3, 0.4) is 0 Å². The predicted octanol–water partition coefficient (Wildman–Crippen LogP) is 1.44. The Morgan fingerprint density at radius 1 is 1.38 bits per heavy atom. The molecule has 1 aliphatic heterocycles. The van der Waals surface area contributed by atoms with E-state index >= 15 is 0 Å². The van der Waals surface area contributed by atoms with Gasteiger partial charge in [-0.3, -0.25) is 4.79 Å². The highest BCUT2D eigenvalue weighted by Crippen LogP contribution is 2.28. The normalized spacial score (nSPS) is 18.8. The lowest BCUT2D eigenvalue weighted by molar-refractivity contribution is 0.112. The maximum atomic E-state index is 10.9. The zero-order chi connectivity index (χ0) is 11.8. The van der Waals surface area contributed by atoms with Gasteiger partial charge in [0, 0.05) is 5.56 Å². The lowest BCUT2D eigenvalue weighted by Gasteiger charge is -2.26. The summed E-state index contributed by atoms with van der Waals surface area (Å²) in [7, 11) is -2.87. The third kappa shape index (κ3) is 2.44. The monoisotopic (exact) mass is 304 g/mol. The molecule has 0 aliphatic carbocycles. The van der Waals surface area contributed by atoms with E-state index < -0.39 is 9.84 Å². The molecule has 0 saturated carbocycles. The number of sulfone groups is 1. The van der Waals surface area contributed by atoms with E-state index in [0.717, 1.165) is 6.29 Å². The second-order valence-electron chi connectivity index (χ2n) is 3.62. The lowest BCUT2D eigenvalue weighted by Crippen LogP contribution is -2.45. The third-order valence-electron chi connectivity index (χ3n) is 2.27. The van der Waals surface area contributed by atoms with Crippen molar-refractivity contribution in [1.29, 1.82) is 0 Å². The van der Waals surface area contributed by atoms with Gasteiger partial charge in [0.25, 0.3) is 0 Å². The van der Waals surface area contributed by atoms with Crippen LogP contribution in [0.2, 0.25) is 0 Å². The molecule has 1 saturated heterocycles. The second kappa shape index (κ2) is 4.18. The number of ether oxygens (including phenoxy) is 1. The number of hydrogen-bond donors (Lipinski definition) is 0. The zero-order valence-corrected chi connectivity index (χ0v) is 10.6. The van der Waals surface area contributed by atoms with Crippen molar-refractivity contribution in [3.8, 4) is 5.75 Å². The largest absolute Gasteiger partial charge is 0.487 e. The van der Waals surface area contributed by atoms with Crippen LogP contribution in [0.5, 0.6) is 5.75 Å². The number of benzene rings is 1. The first kappa shape index (κ1) is 11.6. The maximum Gasteiger partial charge on any atom is 0.157 e. The van der Waals surface area contributed by atoms with Crippen LogP contribution < -0.4 is 4.74 Å². The molecule has 1 aromatic rings. The Kier molecular flexibility index (Phi) is 3.03. The Hall–Kier alpha value is -0.880. The summed E-state index contributed by atoms with van der Waals surface area (Å²) in [4.78, 5) is 10.5. The van der Waals surface area contributed by atoms with Gasteiger partial charge < -0.3 is 4.74 Å². The standard InChI is InChI=1S/C10H9BrO4S/c11-9-3-7(4-12)1-2-10(9)15-8-5-16(13,14)6-8/h1-4,8H,5-6H2. The number of rotatable bonds is 3. The average Bonchev–Trinajstić information content (AvgIpc) is 2.18. The van der Waals surface area contributed by atoms with Gasteiger partial charge in [-0.2, -0.15) is 0 Å². The van der Waals surface area contributed by atoms with Crippen LogP contribution in [0.1, 0.15) is 10.4 Å². The van der Waals surface area contributed by atoms with Gasteiger partial charge in [-0.15, -0.1) is 0 Å². The first-order chi connectivity index (χ1) is 7.50. The topological polar surface area (TPSA) is 60.4 Å². The summed E-state index contributed by atoms with van der Waals surface area (Å²) in [5.41, 5.74) is 0.542. The van der Waals surface area contributed by atoms with Crippen molar-refractivity contribution in [2.75, 3.05) is 11.5 Å². The Labute approximate surface area is 102 Å². The van der Waals surface area contributed by atoms with Crippen molar-refractivity contribution in [2.24, 2.45) is 0 Å². The molecule has 1 fully saturated rings. The highest BCUT2D eigenvalue weighted by Gasteiger charge is 2.35. The van der Waals surface area contributed by atoms with E-state index in [-0.39, 0.29) is 17.6 Å². The van der Waals surface area contributed by atoms with Crippen molar-refractivity contribution in [2.45, 2.75) is 6.10 Å². The molecular formula is C10H9BrO4S. The molecule has 6 heteroatoms. The van der Waals surface area contributed by atoms with E-state index in [0.29, 0.717) is 15.8 Å². The van der Waals surface area contributed by atoms with E-state index in [9.17, 15) is 13.2 Å². The molecule has 1 heterocycles. The SMILES string of the molecule is O=Cc1ccc(OC2CS(=O)(=O)C2)c(Br)c1. The van der Waals surface area contributed by atoms with Crippen molar-refractivity contribution in [3.63, 3.8) is 0 Å². The smallest absolute Gasteiger partial charge is 0.157 e. The summed E-state index contributed by atoms with van der Waals surface area (Å²) in [5.74, 6) is 0.689. The van der Waals surface area contributed by atoms with E-state index in [1.165, 1.54) is 0 Å². The van der Waals surface area contributed by atoms with Crippen LogP contribution in [0.25, 0.3) is 0 Å². The second-order valence-corrected chi connectivity index (χ2v) is 6.63. The van der Waals surface area contributed by atoms with Gasteiger partial charge in [0.1, 0.15) is 18.1 Å². The Morgan fingerprint density at radius 3 is 2.56 bits per heavy atom. The molecule has 0 amide bonds. The molecule has 0 N–H and O–H groups in total. The molecule has 0 aromatic heterocycles. The summed E-state index contributed by atoms with van der Waals surface area (Å²) < 4.78 is 28.0. The fraction of sp³-hybridized carbons (Fsp3) is 0.300. The zero-order valence-electron chi connectivity index (χ0n) is 8.22. The predicted molar refractivity (Wildman–Crippen MR) is 62.6 cm³/mol. The van der Waals surface area contributed by atoms with Gasteiger partial charge in [-0.1, -0.05) is 0 Å². The molecule has 1 aromatic carbocycles. The third-order valence-corrected chi connectivity index (χ3v) is 4.64. The van der Waals surface area contributed by atoms with Gasteiger partial charge in [-0.05, 0) is 34.1 Å². The average molecular weight is 305 g/mol. The molecule has 0 unspecified atom stereocenters. The van der Waals surface area contributed by atoms with Gasteiger partial charge in [0.2, 0.25) is 0 Å². The molecular weight excluding hydrogens is 296 g/mol. The fourth-order valence-corrected chi connectivity index (χ4v) is 3.11. The highest BCUT2D eigenvalue weighted by atomic mass is 79.9. The molecule has 2 rings (SSSR count). The molecule has 4 nitrogen and oxygen atoms in total. The van der Waals surface area contributed by atoms with E-state index in [1.807, 2.05) is 0 Å². The van der Waals surface area contributed by atoms with Gasteiger partial charge in [-0.25, -0.2) is 8.42 Å². The number of carbonyl (C=O) groups is 1. The van der Waals surface area contributed by atoms with Crippen LogP contribution >= 0.6 is 15.9 Å². The minimum absolute atomic E-state index is 0.0644. The van der Waals surface area contributed by atoms with Crippen LogP contribution in [0.15, 0.2) is 22.7 Å². The lowest BCUT2D eigenvalue weighted by atomic mass is 10.2. The fourth-order valence-electron chi connectivity index (χ4n) is 1.45. The molecule has 16 heavy (non-hydrogen) atoms. The maximum absolute atomic E-state index is 10.9.